The molecule has 0 amide bonds. The van der Waals surface area contributed by atoms with Gasteiger partial charge in [0.05, 0.1) is 0 Å². The third-order valence-corrected chi connectivity index (χ3v) is 4.58. The lowest BCUT2D eigenvalue weighted by Gasteiger charge is -2.10. The first-order chi connectivity index (χ1) is 10.0. The van der Waals surface area contributed by atoms with E-state index in [1.165, 1.54) is 35.6 Å². The monoisotopic (exact) mass is 307 g/mol. The van der Waals surface area contributed by atoms with Gasteiger partial charge < -0.3 is 5.73 Å². The van der Waals surface area contributed by atoms with Crippen LogP contribution in [-0.4, -0.2) is 0 Å². The largest absolute Gasteiger partial charge is 0.323 e. The van der Waals surface area contributed by atoms with E-state index in [0.717, 1.165) is 21.0 Å². The van der Waals surface area contributed by atoms with Gasteiger partial charge in [0.15, 0.2) is 11.6 Å². The lowest BCUT2D eigenvalue weighted by molar-refractivity contribution is 0.494. The van der Waals surface area contributed by atoms with Crippen molar-refractivity contribution >= 4 is 21.4 Å². The van der Waals surface area contributed by atoms with Crippen molar-refractivity contribution in [3.05, 3.63) is 70.4 Å². The SMILES string of the molecule is NC(Cc1cccc(F)c1F)c1cc2cc(F)ccc2s1. The lowest BCUT2D eigenvalue weighted by Crippen LogP contribution is -2.13. The van der Waals surface area contributed by atoms with Gasteiger partial charge in [-0.25, -0.2) is 13.2 Å². The van der Waals surface area contributed by atoms with Crippen LogP contribution in [0.5, 0.6) is 0 Å². The molecule has 1 unspecified atom stereocenters. The van der Waals surface area contributed by atoms with E-state index in [2.05, 4.69) is 0 Å². The molecule has 0 aliphatic rings. The van der Waals surface area contributed by atoms with Crippen LogP contribution in [-0.2, 0) is 6.42 Å². The molecule has 2 aromatic carbocycles. The highest BCUT2D eigenvalue weighted by Crippen LogP contribution is 2.31. The molecule has 108 valence electrons. The minimum absolute atomic E-state index is 0.193. The minimum Gasteiger partial charge on any atom is -0.323 e. The number of halogens is 3. The van der Waals surface area contributed by atoms with E-state index < -0.39 is 17.7 Å². The lowest BCUT2D eigenvalue weighted by atomic mass is 10.0. The summed E-state index contributed by atoms with van der Waals surface area (Å²) in [4.78, 5) is 0.819. The van der Waals surface area contributed by atoms with Gasteiger partial charge in [0, 0.05) is 15.6 Å². The first kappa shape index (κ1) is 14.1. The Balaban J connectivity index is 1.89. The van der Waals surface area contributed by atoms with Crippen molar-refractivity contribution < 1.29 is 13.2 Å². The Morgan fingerprint density at radius 1 is 1.05 bits per heavy atom. The van der Waals surface area contributed by atoms with E-state index >= 15 is 0 Å². The molecular weight excluding hydrogens is 295 g/mol. The zero-order chi connectivity index (χ0) is 15.0. The molecular formula is C16H12F3NS. The highest BCUT2D eigenvalue weighted by atomic mass is 32.1. The van der Waals surface area contributed by atoms with Crippen LogP contribution in [0.4, 0.5) is 13.2 Å². The molecule has 1 aromatic heterocycles. The van der Waals surface area contributed by atoms with E-state index in [-0.39, 0.29) is 17.8 Å². The minimum atomic E-state index is -0.877. The summed E-state index contributed by atoms with van der Waals surface area (Å²) >= 11 is 1.44. The predicted octanol–water partition coefficient (Wildman–Crippen LogP) is 4.56. The van der Waals surface area contributed by atoms with Crippen LogP contribution in [0, 0.1) is 17.5 Å². The molecule has 0 spiro atoms. The molecule has 0 bridgehead atoms. The Labute approximate surface area is 123 Å². The molecule has 0 saturated heterocycles. The Bertz CT molecular complexity index is 797. The molecule has 0 aliphatic heterocycles. The average Bonchev–Trinajstić information content (AvgIpc) is 2.87. The summed E-state index contributed by atoms with van der Waals surface area (Å²) in [5.74, 6) is -2.05. The van der Waals surface area contributed by atoms with Gasteiger partial charge in [-0.3, -0.25) is 0 Å². The Kier molecular flexibility index (Phi) is 3.69. The number of thiophene rings is 1. The van der Waals surface area contributed by atoms with Crippen molar-refractivity contribution in [2.75, 3.05) is 0 Å². The summed E-state index contributed by atoms with van der Waals surface area (Å²) in [6.45, 7) is 0. The summed E-state index contributed by atoms with van der Waals surface area (Å²) < 4.78 is 40.9. The van der Waals surface area contributed by atoms with Gasteiger partial charge in [0.1, 0.15) is 5.82 Å². The van der Waals surface area contributed by atoms with Crippen LogP contribution in [0.3, 0.4) is 0 Å². The Morgan fingerprint density at radius 2 is 1.86 bits per heavy atom. The molecule has 1 atom stereocenters. The van der Waals surface area contributed by atoms with Gasteiger partial charge in [-0.1, -0.05) is 12.1 Å². The van der Waals surface area contributed by atoms with Gasteiger partial charge >= 0.3 is 0 Å². The Morgan fingerprint density at radius 3 is 2.67 bits per heavy atom. The molecule has 1 heterocycles. The zero-order valence-corrected chi connectivity index (χ0v) is 11.8. The molecule has 0 radical (unpaired) electrons. The van der Waals surface area contributed by atoms with Crippen molar-refractivity contribution in [3.8, 4) is 0 Å². The molecule has 3 rings (SSSR count). The number of benzene rings is 2. The third-order valence-electron chi connectivity index (χ3n) is 3.33. The molecule has 3 aromatic rings. The number of hydrogen-bond acceptors (Lipinski definition) is 2. The van der Waals surface area contributed by atoms with Crippen molar-refractivity contribution in [3.63, 3.8) is 0 Å². The van der Waals surface area contributed by atoms with Gasteiger partial charge in [-0.15, -0.1) is 11.3 Å². The Hall–Kier alpha value is -1.85. The molecule has 1 nitrogen and oxygen atoms in total. The first-order valence-corrected chi connectivity index (χ1v) is 7.23. The second-order valence-electron chi connectivity index (χ2n) is 4.85. The van der Waals surface area contributed by atoms with Crippen LogP contribution in [0.1, 0.15) is 16.5 Å². The number of hydrogen-bond donors (Lipinski definition) is 1. The van der Waals surface area contributed by atoms with Crippen LogP contribution in [0.2, 0.25) is 0 Å². The standard InChI is InChI=1S/C16H12F3NS/c17-11-4-5-14-10(6-11)8-15(21-14)13(20)7-9-2-1-3-12(18)16(9)19/h1-6,8,13H,7,20H2. The highest BCUT2D eigenvalue weighted by molar-refractivity contribution is 7.19. The molecule has 21 heavy (non-hydrogen) atoms. The molecule has 2 N–H and O–H groups in total. The van der Waals surface area contributed by atoms with Crippen LogP contribution < -0.4 is 5.73 Å². The normalized spacial score (nSPS) is 12.8. The van der Waals surface area contributed by atoms with Crippen LogP contribution in [0.25, 0.3) is 10.1 Å². The molecule has 5 heteroatoms. The number of nitrogens with two attached hydrogens (primary N) is 1. The van der Waals surface area contributed by atoms with Gasteiger partial charge in [-0.05, 0) is 47.7 Å². The maximum atomic E-state index is 13.7. The first-order valence-electron chi connectivity index (χ1n) is 6.42. The van der Waals surface area contributed by atoms with Crippen LogP contribution >= 0.6 is 11.3 Å². The van der Waals surface area contributed by atoms with E-state index in [1.807, 2.05) is 0 Å². The fraction of sp³-hybridized carbons (Fsp3) is 0.125. The summed E-state index contributed by atoms with van der Waals surface area (Å²) in [5.41, 5.74) is 6.32. The summed E-state index contributed by atoms with van der Waals surface area (Å²) in [7, 11) is 0. The third kappa shape index (κ3) is 2.80. The number of rotatable bonds is 3. The van der Waals surface area contributed by atoms with Gasteiger partial charge in [0.2, 0.25) is 0 Å². The van der Waals surface area contributed by atoms with E-state index in [0.29, 0.717) is 0 Å². The van der Waals surface area contributed by atoms with Crippen molar-refractivity contribution in [1.82, 2.24) is 0 Å². The maximum absolute atomic E-state index is 13.7. The average molecular weight is 307 g/mol. The maximum Gasteiger partial charge on any atom is 0.162 e. The second-order valence-corrected chi connectivity index (χ2v) is 5.97. The molecule has 0 saturated carbocycles. The van der Waals surface area contributed by atoms with Gasteiger partial charge in [0.25, 0.3) is 0 Å². The van der Waals surface area contributed by atoms with Crippen molar-refractivity contribution in [2.24, 2.45) is 5.73 Å². The van der Waals surface area contributed by atoms with Crippen molar-refractivity contribution in [2.45, 2.75) is 12.5 Å². The topological polar surface area (TPSA) is 26.0 Å². The van der Waals surface area contributed by atoms with Gasteiger partial charge in [-0.2, -0.15) is 0 Å². The number of fused-ring (bicyclic) bond motifs is 1. The predicted molar refractivity (Wildman–Crippen MR) is 78.8 cm³/mol. The molecule has 0 aliphatic carbocycles. The zero-order valence-electron chi connectivity index (χ0n) is 10.9. The summed E-state index contributed by atoms with van der Waals surface area (Å²) in [6.07, 6.45) is 0.193. The summed E-state index contributed by atoms with van der Waals surface area (Å²) in [5, 5.41) is 0.769. The van der Waals surface area contributed by atoms with Crippen LogP contribution in [0.15, 0.2) is 42.5 Å². The quantitative estimate of drug-likeness (QED) is 0.754. The smallest absolute Gasteiger partial charge is 0.162 e. The molecule has 0 fully saturated rings. The second kappa shape index (κ2) is 5.50. The summed E-state index contributed by atoms with van der Waals surface area (Å²) in [6, 6.07) is 9.91. The van der Waals surface area contributed by atoms with E-state index in [4.69, 9.17) is 5.73 Å². The fourth-order valence-electron chi connectivity index (χ4n) is 2.26. The van der Waals surface area contributed by atoms with E-state index in [9.17, 15) is 13.2 Å². The highest BCUT2D eigenvalue weighted by Gasteiger charge is 2.15. The van der Waals surface area contributed by atoms with Crippen molar-refractivity contribution in [1.29, 1.82) is 0 Å². The fourth-order valence-corrected chi connectivity index (χ4v) is 3.31. The van der Waals surface area contributed by atoms with E-state index in [1.54, 1.807) is 12.1 Å².